The van der Waals surface area contributed by atoms with E-state index in [9.17, 15) is 0 Å². The molecule has 0 radical (unpaired) electrons. The molecule has 0 saturated carbocycles. The molecule has 0 aliphatic carbocycles. The van der Waals surface area contributed by atoms with Crippen molar-refractivity contribution in [3.8, 4) is 0 Å². The van der Waals surface area contributed by atoms with Gasteiger partial charge in [-0.05, 0) is 31.0 Å². The summed E-state index contributed by atoms with van der Waals surface area (Å²) in [5, 5.41) is 10.1. The SMILES string of the molecule is CC(C)N1Cc2ccccc2C2N=NN(N)C2c2ccccc21. The summed E-state index contributed by atoms with van der Waals surface area (Å²) < 4.78 is 0. The number of para-hydroxylation sites is 1. The van der Waals surface area contributed by atoms with Crippen LogP contribution in [0, 0.1) is 0 Å². The van der Waals surface area contributed by atoms with Crippen molar-refractivity contribution in [2.24, 2.45) is 16.2 Å². The molecule has 4 rings (SSSR count). The lowest BCUT2D eigenvalue weighted by atomic mass is 9.88. The number of rotatable bonds is 1. The van der Waals surface area contributed by atoms with Gasteiger partial charge >= 0.3 is 0 Å². The van der Waals surface area contributed by atoms with E-state index in [1.54, 1.807) is 0 Å². The fourth-order valence-corrected chi connectivity index (χ4v) is 3.62. The predicted octanol–water partition coefficient (Wildman–Crippen LogP) is 3.75. The largest absolute Gasteiger partial charge is 0.364 e. The summed E-state index contributed by atoms with van der Waals surface area (Å²) in [4.78, 5) is 2.43. The van der Waals surface area contributed by atoms with E-state index in [1.165, 1.54) is 27.5 Å². The third kappa shape index (κ3) is 2.19. The number of hydrogen-bond donors (Lipinski definition) is 1. The number of benzene rings is 2. The maximum Gasteiger partial charge on any atom is 0.126 e. The van der Waals surface area contributed by atoms with E-state index in [2.05, 4.69) is 77.6 Å². The van der Waals surface area contributed by atoms with Gasteiger partial charge in [-0.3, -0.25) is 0 Å². The normalized spacial score (nSPS) is 22.4. The third-order valence-electron chi connectivity index (χ3n) is 4.77. The molecule has 0 aromatic heterocycles. The van der Waals surface area contributed by atoms with Gasteiger partial charge in [-0.15, -0.1) is 0 Å². The minimum Gasteiger partial charge on any atom is -0.364 e. The third-order valence-corrected chi connectivity index (χ3v) is 4.77. The standard InChI is InChI=1S/C18H21N5/c1-12(2)22-11-13-7-3-4-8-14(13)17-18(23(19)21-20-17)15-9-5-6-10-16(15)22/h3-10,12,17-18H,11,19H2,1-2H3. The van der Waals surface area contributed by atoms with Crippen LogP contribution in [-0.4, -0.2) is 11.2 Å². The molecule has 0 spiro atoms. The molecule has 0 bridgehead atoms. The van der Waals surface area contributed by atoms with Crippen LogP contribution >= 0.6 is 0 Å². The van der Waals surface area contributed by atoms with Gasteiger partial charge in [-0.2, -0.15) is 5.11 Å². The summed E-state index contributed by atoms with van der Waals surface area (Å²) in [6.45, 7) is 5.32. The molecule has 2 aliphatic heterocycles. The van der Waals surface area contributed by atoms with Crippen LogP contribution in [0.4, 0.5) is 5.69 Å². The first-order chi connectivity index (χ1) is 11.2. The monoisotopic (exact) mass is 307 g/mol. The molecule has 2 aromatic carbocycles. The molecule has 118 valence electrons. The molecule has 2 unspecified atom stereocenters. The van der Waals surface area contributed by atoms with Crippen LogP contribution in [0.3, 0.4) is 0 Å². The number of hydrogen-bond acceptors (Lipinski definition) is 5. The summed E-state index contributed by atoms with van der Waals surface area (Å²) in [5.41, 5.74) is 4.91. The van der Waals surface area contributed by atoms with Gasteiger partial charge in [0.2, 0.25) is 0 Å². The Kier molecular flexibility index (Phi) is 3.31. The van der Waals surface area contributed by atoms with Crippen LogP contribution in [0.5, 0.6) is 0 Å². The van der Waals surface area contributed by atoms with Gasteiger partial charge in [0, 0.05) is 23.8 Å². The minimum absolute atomic E-state index is 0.0494. The Morgan fingerprint density at radius 1 is 1.04 bits per heavy atom. The Labute approximate surface area is 136 Å². The van der Waals surface area contributed by atoms with Crippen LogP contribution in [0.1, 0.15) is 42.6 Å². The second kappa shape index (κ2) is 5.35. The van der Waals surface area contributed by atoms with E-state index in [0.717, 1.165) is 6.54 Å². The van der Waals surface area contributed by atoms with Gasteiger partial charge in [0.1, 0.15) is 12.1 Å². The molecule has 2 aromatic rings. The van der Waals surface area contributed by atoms with Gasteiger partial charge < -0.3 is 4.90 Å². The maximum atomic E-state index is 6.16. The van der Waals surface area contributed by atoms with Gasteiger partial charge in [0.15, 0.2) is 0 Å². The van der Waals surface area contributed by atoms with Crippen molar-refractivity contribution < 1.29 is 0 Å². The lowest BCUT2D eigenvalue weighted by Gasteiger charge is -2.37. The zero-order valence-corrected chi connectivity index (χ0v) is 13.4. The molecule has 2 N–H and O–H groups in total. The summed E-state index contributed by atoms with van der Waals surface area (Å²) in [7, 11) is 0. The van der Waals surface area contributed by atoms with E-state index < -0.39 is 0 Å². The molecule has 2 heterocycles. The average molecular weight is 307 g/mol. The fourth-order valence-electron chi connectivity index (χ4n) is 3.62. The zero-order valence-electron chi connectivity index (χ0n) is 13.4. The maximum absolute atomic E-state index is 6.16. The highest BCUT2D eigenvalue weighted by atomic mass is 15.7. The topological polar surface area (TPSA) is 57.2 Å². The molecule has 2 aliphatic rings. The summed E-state index contributed by atoms with van der Waals surface area (Å²) in [5.74, 6) is 6.16. The molecular formula is C18H21N5. The van der Waals surface area contributed by atoms with Crippen molar-refractivity contribution in [1.82, 2.24) is 5.12 Å². The van der Waals surface area contributed by atoms with Gasteiger partial charge in [-0.1, -0.05) is 47.7 Å². The summed E-state index contributed by atoms with van der Waals surface area (Å²) >= 11 is 0. The molecule has 0 amide bonds. The molecule has 2 atom stereocenters. The van der Waals surface area contributed by atoms with Gasteiger partial charge in [0.25, 0.3) is 0 Å². The van der Waals surface area contributed by atoms with Crippen LogP contribution in [0.15, 0.2) is 58.9 Å². The number of fused-ring (bicyclic) bond motifs is 5. The Morgan fingerprint density at radius 2 is 1.74 bits per heavy atom. The van der Waals surface area contributed by atoms with Crippen LogP contribution in [-0.2, 0) is 6.54 Å². The molecule has 5 heteroatoms. The Balaban J connectivity index is 1.95. The predicted molar refractivity (Wildman–Crippen MR) is 90.6 cm³/mol. The van der Waals surface area contributed by atoms with E-state index in [-0.39, 0.29) is 12.1 Å². The van der Waals surface area contributed by atoms with Crippen LogP contribution in [0.2, 0.25) is 0 Å². The van der Waals surface area contributed by atoms with Crippen molar-refractivity contribution in [3.05, 3.63) is 65.2 Å². The van der Waals surface area contributed by atoms with Crippen LogP contribution < -0.4 is 10.7 Å². The van der Waals surface area contributed by atoms with Crippen molar-refractivity contribution in [3.63, 3.8) is 0 Å². The quantitative estimate of drug-likeness (QED) is 0.816. The fraction of sp³-hybridized carbons (Fsp3) is 0.333. The first-order valence-electron chi connectivity index (χ1n) is 8.05. The molecule has 0 fully saturated rings. The highest BCUT2D eigenvalue weighted by Crippen LogP contribution is 2.46. The minimum atomic E-state index is -0.0612. The molecule has 5 nitrogen and oxygen atoms in total. The van der Waals surface area contributed by atoms with Crippen molar-refractivity contribution in [1.29, 1.82) is 0 Å². The van der Waals surface area contributed by atoms with E-state index >= 15 is 0 Å². The van der Waals surface area contributed by atoms with Gasteiger partial charge in [0.05, 0.1) is 0 Å². The average Bonchev–Trinajstić information content (AvgIpc) is 2.92. The number of hydrazine groups is 1. The number of nitrogens with two attached hydrogens (primary N) is 1. The first kappa shape index (κ1) is 14.2. The Morgan fingerprint density at radius 3 is 2.52 bits per heavy atom. The Hall–Kier alpha value is -2.40. The number of nitrogens with zero attached hydrogens (tertiary/aromatic N) is 4. The van der Waals surface area contributed by atoms with Gasteiger partial charge in [-0.25, -0.2) is 11.0 Å². The van der Waals surface area contributed by atoms with Crippen molar-refractivity contribution in [2.45, 2.75) is 38.5 Å². The lowest BCUT2D eigenvalue weighted by Crippen LogP contribution is -2.36. The lowest BCUT2D eigenvalue weighted by molar-refractivity contribution is 0.227. The molecule has 0 saturated heterocycles. The van der Waals surface area contributed by atoms with E-state index in [0.29, 0.717) is 6.04 Å². The zero-order chi connectivity index (χ0) is 16.0. The van der Waals surface area contributed by atoms with Crippen LogP contribution in [0.25, 0.3) is 0 Å². The first-order valence-corrected chi connectivity index (χ1v) is 8.05. The Bertz CT molecular complexity index is 755. The van der Waals surface area contributed by atoms with E-state index in [4.69, 9.17) is 5.84 Å². The van der Waals surface area contributed by atoms with E-state index in [1.807, 2.05) is 0 Å². The highest BCUT2D eigenvalue weighted by Gasteiger charge is 2.39. The number of anilines is 1. The smallest absolute Gasteiger partial charge is 0.126 e. The molecular weight excluding hydrogens is 286 g/mol. The summed E-state index contributed by atoms with van der Waals surface area (Å²) in [6, 6.07) is 17.2. The second-order valence-electron chi connectivity index (χ2n) is 6.45. The van der Waals surface area contributed by atoms with Crippen molar-refractivity contribution >= 4 is 5.69 Å². The second-order valence-corrected chi connectivity index (χ2v) is 6.45. The molecule has 23 heavy (non-hydrogen) atoms. The summed E-state index contributed by atoms with van der Waals surface area (Å²) in [6.07, 6.45) is 0. The highest BCUT2D eigenvalue weighted by molar-refractivity contribution is 5.58. The van der Waals surface area contributed by atoms with Crippen molar-refractivity contribution in [2.75, 3.05) is 4.90 Å².